The summed E-state index contributed by atoms with van der Waals surface area (Å²) >= 11 is 0. The van der Waals surface area contributed by atoms with E-state index < -0.39 is 12.0 Å². The molecule has 2 heterocycles. The highest BCUT2D eigenvalue weighted by molar-refractivity contribution is 5.95. The molecule has 22 heavy (non-hydrogen) atoms. The van der Waals surface area contributed by atoms with E-state index in [0.717, 1.165) is 43.4 Å². The fourth-order valence-corrected chi connectivity index (χ4v) is 4.14. The lowest BCUT2D eigenvalue weighted by Gasteiger charge is -2.23. The van der Waals surface area contributed by atoms with Gasteiger partial charge in [-0.2, -0.15) is 0 Å². The van der Waals surface area contributed by atoms with Crippen molar-refractivity contribution in [3.05, 3.63) is 23.2 Å². The third kappa shape index (κ3) is 2.32. The van der Waals surface area contributed by atoms with Crippen LogP contribution in [0.2, 0.25) is 0 Å². The zero-order valence-electron chi connectivity index (χ0n) is 13.2. The molecule has 0 bridgehead atoms. The topological polar surface area (TPSA) is 70.8 Å². The van der Waals surface area contributed by atoms with Crippen molar-refractivity contribution >= 4 is 11.9 Å². The molecule has 0 unspecified atom stereocenters. The lowest BCUT2D eigenvalue weighted by Crippen LogP contribution is -2.43. The molecule has 2 fully saturated rings. The van der Waals surface area contributed by atoms with E-state index in [2.05, 4.69) is 0 Å². The van der Waals surface area contributed by atoms with Crippen LogP contribution in [0.3, 0.4) is 0 Å². The fourth-order valence-electron chi connectivity index (χ4n) is 4.14. The highest BCUT2D eigenvalue weighted by Gasteiger charge is 2.50. The van der Waals surface area contributed by atoms with Crippen molar-refractivity contribution < 1.29 is 19.1 Å². The Morgan fingerprint density at radius 2 is 2.09 bits per heavy atom. The first-order valence-corrected chi connectivity index (χ1v) is 8.22. The van der Waals surface area contributed by atoms with Crippen LogP contribution < -0.4 is 0 Å². The Labute approximate surface area is 130 Å². The van der Waals surface area contributed by atoms with Gasteiger partial charge in [-0.3, -0.25) is 4.79 Å². The van der Waals surface area contributed by atoms with Crippen molar-refractivity contribution in [2.75, 3.05) is 6.54 Å². The number of aliphatic carboxylic acids is 1. The van der Waals surface area contributed by atoms with Gasteiger partial charge in [-0.1, -0.05) is 20.3 Å². The number of nitrogens with zero attached hydrogens (tertiary/aromatic N) is 1. The number of carboxylic acid groups (broad SMARTS) is 1. The molecule has 2 aliphatic rings. The number of furan rings is 1. The summed E-state index contributed by atoms with van der Waals surface area (Å²) in [6, 6.07) is 1.09. The average molecular weight is 305 g/mol. The summed E-state index contributed by atoms with van der Waals surface area (Å²) in [5.74, 6) is 0.401. The third-order valence-electron chi connectivity index (χ3n) is 5.21. The first-order valence-electron chi connectivity index (χ1n) is 8.22. The van der Waals surface area contributed by atoms with Crippen molar-refractivity contribution in [1.82, 2.24) is 4.90 Å². The lowest BCUT2D eigenvalue weighted by atomic mass is 9.94. The van der Waals surface area contributed by atoms with Crippen molar-refractivity contribution in [3.8, 4) is 0 Å². The molecule has 5 nitrogen and oxygen atoms in total. The van der Waals surface area contributed by atoms with Gasteiger partial charge in [0.05, 0.1) is 0 Å². The van der Waals surface area contributed by atoms with Crippen molar-refractivity contribution in [3.63, 3.8) is 0 Å². The van der Waals surface area contributed by atoms with Crippen LogP contribution in [-0.4, -0.2) is 34.5 Å². The smallest absolute Gasteiger partial charge is 0.326 e. The molecule has 1 N–H and O–H groups in total. The first kappa shape index (κ1) is 15.1. The molecule has 1 aliphatic heterocycles. The second kappa shape index (κ2) is 5.78. The van der Waals surface area contributed by atoms with Crippen molar-refractivity contribution in [1.29, 1.82) is 0 Å². The minimum Gasteiger partial charge on any atom is -0.480 e. The predicted octanol–water partition coefficient (Wildman–Crippen LogP) is 2.73. The SMILES string of the molecule is CCc1cc(C(=O)N2C[C@@H]3CCC[C@H]3[C@H]2C(=O)O)oc1CC. The molecule has 1 saturated carbocycles. The van der Waals surface area contributed by atoms with E-state index >= 15 is 0 Å². The molecule has 5 heteroatoms. The number of hydrogen-bond donors (Lipinski definition) is 1. The first-order chi connectivity index (χ1) is 10.6. The van der Waals surface area contributed by atoms with Gasteiger partial charge in [-0.05, 0) is 42.7 Å². The maximum Gasteiger partial charge on any atom is 0.326 e. The van der Waals surface area contributed by atoms with Crippen molar-refractivity contribution in [2.24, 2.45) is 11.8 Å². The van der Waals surface area contributed by atoms with E-state index in [1.807, 2.05) is 13.8 Å². The van der Waals surface area contributed by atoms with Gasteiger partial charge in [0.1, 0.15) is 11.8 Å². The maximum atomic E-state index is 12.8. The molecule has 1 aromatic heterocycles. The van der Waals surface area contributed by atoms with Crippen LogP contribution >= 0.6 is 0 Å². The Bertz CT molecular complexity index is 570. The standard InChI is InChI=1S/C17H23NO4/c1-3-10-8-14(22-13(10)4-2)16(19)18-9-11-6-5-7-12(11)15(18)17(20)21/h8,11-12,15H,3-7,9H2,1-2H3,(H,20,21)/t11-,12+,15-/m0/s1. The van der Waals surface area contributed by atoms with Crippen LogP contribution in [0.4, 0.5) is 0 Å². The summed E-state index contributed by atoms with van der Waals surface area (Å²) in [7, 11) is 0. The minimum absolute atomic E-state index is 0.104. The predicted molar refractivity (Wildman–Crippen MR) is 80.8 cm³/mol. The molecule has 0 spiro atoms. The number of amides is 1. The highest BCUT2D eigenvalue weighted by atomic mass is 16.4. The van der Waals surface area contributed by atoms with E-state index in [1.165, 1.54) is 4.90 Å². The molecule has 3 rings (SSSR count). The average Bonchev–Trinajstić information content (AvgIpc) is 3.18. The molecule has 1 aliphatic carbocycles. The number of likely N-dealkylation sites (tertiary alicyclic amines) is 1. The highest BCUT2D eigenvalue weighted by Crippen LogP contribution is 2.42. The van der Waals surface area contributed by atoms with Gasteiger partial charge < -0.3 is 14.4 Å². The van der Waals surface area contributed by atoms with E-state index in [-0.39, 0.29) is 11.8 Å². The number of fused-ring (bicyclic) bond motifs is 1. The van der Waals surface area contributed by atoms with Crippen LogP contribution in [0.5, 0.6) is 0 Å². The molecule has 120 valence electrons. The number of carbonyl (C=O) groups is 2. The van der Waals surface area contributed by atoms with Crippen LogP contribution in [-0.2, 0) is 17.6 Å². The van der Waals surface area contributed by atoms with Gasteiger partial charge in [0.2, 0.25) is 0 Å². The molecule has 0 radical (unpaired) electrons. The fraction of sp³-hybridized carbons (Fsp3) is 0.647. The number of aryl methyl sites for hydroxylation is 2. The Hall–Kier alpha value is -1.78. The normalized spacial score (nSPS) is 27.2. The molecular formula is C17H23NO4. The summed E-state index contributed by atoms with van der Waals surface area (Å²) in [4.78, 5) is 25.9. The molecule has 1 amide bonds. The summed E-state index contributed by atoms with van der Waals surface area (Å²) in [5.41, 5.74) is 1.04. The van der Waals surface area contributed by atoms with Crippen LogP contribution in [0.1, 0.15) is 55.0 Å². The molecular weight excluding hydrogens is 282 g/mol. The summed E-state index contributed by atoms with van der Waals surface area (Å²) in [6.07, 6.45) is 4.56. The van der Waals surface area contributed by atoms with Gasteiger partial charge in [0, 0.05) is 13.0 Å². The monoisotopic (exact) mass is 305 g/mol. The second-order valence-electron chi connectivity index (χ2n) is 6.36. The second-order valence-corrected chi connectivity index (χ2v) is 6.36. The van der Waals surface area contributed by atoms with E-state index in [9.17, 15) is 14.7 Å². The molecule has 1 saturated heterocycles. The molecule has 3 atom stereocenters. The molecule has 0 aromatic carbocycles. The quantitative estimate of drug-likeness (QED) is 0.928. The third-order valence-corrected chi connectivity index (χ3v) is 5.21. The lowest BCUT2D eigenvalue weighted by molar-refractivity contribution is -0.142. The Balaban J connectivity index is 1.88. The van der Waals surface area contributed by atoms with Crippen LogP contribution in [0, 0.1) is 11.8 Å². The Kier molecular flexibility index (Phi) is 3.98. The van der Waals surface area contributed by atoms with Gasteiger partial charge >= 0.3 is 5.97 Å². The zero-order valence-corrected chi connectivity index (χ0v) is 13.2. The zero-order chi connectivity index (χ0) is 15.9. The number of carbonyl (C=O) groups excluding carboxylic acids is 1. The van der Waals surface area contributed by atoms with E-state index in [1.54, 1.807) is 6.07 Å². The van der Waals surface area contributed by atoms with Crippen LogP contribution in [0.15, 0.2) is 10.5 Å². The van der Waals surface area contributed by atoms with Crippen molar-refractivity contribution in [2.45, 2.75) is 52.0 Å². The largest absolute Gasteiger partial charge is 0.480 e. The van der Waals surface area contributed by atoms with Crippen LogP contribution in [0.25, 0.3) is 0 Å². The number of hydrogen-bond acceptors (Lipinski definition) is 3. The minimum atomic E-state index is -0.888. The summed E-state index contributed by atoms with van der Waals surface area (Å²) < 4.78 is 5.70. The maximum absolute atomic E-state index is 12.8. The van der Waals surface area contributed by atoms with Gasteiger partial charge in [0.15, 0.2) is 5.76 Å². The Morgan fingerprint density at radius 1 is 1.32 bits per heavy atom. The number of rotatable bonds is 4. The van der Waals surface area contributed by atoms with Gasteiger partial charge in [-0.25, -0.2) is 4.79 Å². The Morgan fingerprint density at radius 3 is 2.68 bits per heavy atom. The summed E-state index contributed by atoms with van der Waals surface area (Å²) in [6.45, 7) is 4.56. The van der Waals surface area contributed by atoms with Gasteiger partial charge in [-0.15, -0.1) is 0 Å². The molecule has 1 aromatic rings. The summed E-state index contributed by atoms with van der Waals surface area (Å²) in [5, 5.41) is 9.55. The van der Waals surface area contributed by atoms with Gasteiger partial charge in [0.25, 0.3) is 5.91 Å². The van der Waals surface area contributed by atoms with E-state index in [0.29, 0.717) is 18.2 Å². The number of carboxylic acids is 1. The van der Waals surface area contributed by atoms with E-state index in [4.69, 9.17) is 4.42 Å².